The monoisotopic (exact) mass is 394 g/mol. The van der Waals surface area contributed by atoms with Gasteiger partial charge < -0.3 is 14.6 Å². The van der Waals surface area contributed by atoms with Gasteiger partial charge in [0.15, 0.2) is 5.76 Å². The Labute approximate surface area is 157 Å². The average molecular weight is 394 g/mol. The lowest BCUT2D eigenvalue weighted by Gasteiger charge is -2.17. The van der Waals surface area contributed by atoms with E-state index in [0.29, 0.717) is 20.0 Å². The van der Waals surface area contributed by atoms with E-state index in [2.05, 4.69) is 10.3 Å². The molecule has 3 aromatic rings. The molecule has 0 saturated carbocycles. The summed E-state index contributed by atoms with van der Waals surface area (Å²) in [6.07, 6.45) is 3.82. The van der Waals surface area contributed by atoms with Crippen molar-refractivity contribution in [2.24, 2.45) is 0 Å². The minimum Gasteiger partial charge on any atom is -0.459 e. The minimum absolute atomic E-state index is 0.0679. The van der Waals surface area contributed by atoms with Crippen LogP contribution in [0.25, 0.3) is 0 Å². The van der Waals surface area contributed by atoms with Crippen LogP contribution in [0.3, 0.4) is 0 Å². The molecule has 1 N–H and O–H groups in total. The van der Waals surface area contributed by atoms with Crippen molar-refractivity contribution < 1.29 is 22.8 Å². The highest BCUT2D eigenvalue weighted by atomic mass is 32.1. The number of rotatable bonds is 6. The lowest BCUT2D eigenvalue weighted by Crippen LogP contribution is -2.27. The number of carbonyl (C=O) groups is 2. The fourth-order valence-electron chi connectivity index (χ4n) is 2.44. The molecule has 0 unspecified atom stereocenters. The third-order valence-corrected chi connectivity index (χ3v) is 4.92. The third-order valence-electron chi connectivity index (χ3n) is 3.78. The number of thiophene rings is 1. The molecule has 27 heavy (non-hydrogen) atoms. The Hall–Kier alpha value is -3.01. The smallest absolute Gasteiger partial charge is 0.319 e. The van der Waals surface area contributed by atoms with Crippen molar-refractivity contribution in [1.82, 2.24) is 14.5 Å². The summed E-state index contributed by atoms with van der Waals surface area (Å²) in [5, 5.41) is 3.15. The SMILES string of the molecule is Cc1cc(NC(=O)c2ccco2)sc1C(=O)N(C)Cc1nccn1C(F)F. The van der Waals surface area contributed by atoms with Gasteiger partial charge >= 0.3 is 6.55 Å². The Morgan fingerprint density at radius 2 is 2.22 bits per heavy atom. The number of nitrogens with one attached hydrogen (secondary N) is 1. The number of amides is 2. The van der Waals surface area contributed by atoms with Gasteiger partial charge in [0.2, 0.25) is 0 Å². The number of furan rings is 1. The van der Waals surface area contributed by atoms with Crippen molar-refractivity contribution in [1.29, 1.82) is 0 Å². The largest absolute Gasteiger partial charge is 0.459 e. The van der Waals surface area contributed by atoms with Crippen molar-refractivity contribution in [3.8, 4) is 0 Å². The van der Waals surface area contributed by atoms with Crippen molar-refractivity contribution in [2.75, 3.05) is 12.4 Å². The number of aryl methyl sites for hydroxylation is 1. The molecule has 0 aliphatic rings. The summed E-state index contributed by atoms with van der Waals surface area (Å²) in [6.45, 7) is -1.06. The number of nitrogens with zero attached hydrogens (tertiary/aromatic N) is 3. The number of anilines is 1. The molecule has 0 spiro atoms. The molecule has 0 radical (unpaired) electrons. The topological polar surface area (TPSA) is 80.4 Å². The molecular formula is C17H16F2N4O3S. The molecule has 10 heteroatoms. The normalized spacial score (nSPS) is 11.0. The number of aromatic nitrogens is 2. The number of hydrogen-bond acceptors (Lipinski definition) is 5. The lowest BCUT2D eigenvalue weighted by molar-refractivity contribution is 0.0613. The zero-order valence-electron chi connectivity index (χ0n) is 14.5. The van der Waals surface area contributed by atoms with Crippen LogP contribution < -0.4 is 5.32 Å². The van der Waals surface area contributed by atoms with Gasteiger partial charge in [-0.15, -0.1) is 11.3 Å². The van der Waals surface area contributed by atoms with Crippen LogP contribution in [-0.4, -0.2) is 33.3 Å². The number of alkyl halides is 2. The molecule has 0 bridgehead atoms. The average Bonchev–Trinajstić information content (AvgIpc) is 3.34. The predicted molar refractivity (Wildman–Crippen MR) is 95.0 cm³/mol. The first kappa shape index (κ1) is 18.8. The highest BCUT2D eigenvalue weighted by molar-refractivity contribution is 7.18. The van der Waals surface area contributed by atoms with Gasteiger partial charge in [0.05, 0.1) is 22.7 Å². The van der Waals surface area contributed by atoms with Gasteiger partial charge in [0.25, 0.3) is 11.8 Å². The molecular weight excluding hydrogens is 378 g/mol. The highest BCUT2D eigenvalue weighted by Gasteiger charge is 2.21. The van der Waals surface area contributed by atoms with Crippen LogP contribution in [0.5, 0.6) is 0 Å². The Kier molecular flexibility index (Phi) is 5.36. The van der Waals surface area contributed by atoms with Crippen molar-refractivity contribution >= 4 is 28.2 Å². The quantitative estimate of drug-likeness (QED) is 0.690. The maximum absolute atomic E-state index is 12.9. The van der Waals surface area contributed by atoms with Crippen LogP contribution in [0.1, 0.15) is 38.2 Å². The summed E-state index contributed by atoms with van der Waals surface area (Å²) in [4.78, 5) is 30.3. The summed E-state index contributed by atoms with van der Waals surface area (Å²) >= 11 is 1.10. The van der Waals surface area contributed by atoms with Crippen LogP contribution in [0.15, 0.2) is 41.3 Å². The van der Waals surface area contributed by atoms with Crippen LogP contribution in [0, 0.1) is 6.92 Å². The van der Waals surface area contributed by atoms with Gasteiger partial charge in [-0.2, -0.15) is 8.78 Å². The van der Waals surface area contributed by atoms with E-state index in [1.54, 1.807) is 19.1 Å². The van der Waals surface area contributed by atoms with E-state index in [1.165, 1.54) is 30.5 Å². The Morgan fingerprint density at radius 1 is 1.44 bits per heavy atom. The van der Waals surface area contributed by atoms with Crippen molar-refractivity contribution in [2.45, 2.75) is 20.0 Å². The zero-order valence-corrected chi connectivity index (χ0v) is 15.3. The van der Waals surface area contributed by atoms with Gasteiger partial charge in [-0.1, -0.05) is 0 Å². The Morgan fingerprint density at radius 3 is 2.89 bits per heavy atom. The Bertz CT molecular complexity index is 949. The maximum Gasteiger partial charge on any atom is 0.319 e. The predicted octanol–water partition coefficient (Wildman–Crippen LogP) is 3.77. The molecule has 7 nitrogen and oxygen atoms in total. The molecule has 0 aliphatic carbocycles. The van der Waals surface area contributed by atoms with Gasteiger partial charge in [-0.25, -0.2) is 4.98 Å². The second-order valence-electron chi connectivity index (χ2n) is 5.74. The molecule has 3 rings (SSSR count). The van der Waals surface area contributed by atoms with Gasteiger partial charge in [-0.3, -0.25) is 14.2 Å². The fraction of sp³-hybridized carbons (Fsp3) is 0.235. The second-order valence-corrected chi connectivity index (χ2v) is 6.80. The number of halogens is 2. The van der Waals surface area contributed by atoms with Crippen LogP contribution >= 0.6 is 11.3 Å². The molecule has 2 amide bonds. The molecule has 0 fully saturated rings. The first-order valence-corrected chi connectivity index (χ1v) is 8.69. The molecule has 0 aliphatic heterocycles. The Balaban J connectivity index is 1.72. The minimum atomic E-state index is -2.72. The number of carbonyl (C=O) groups excluding carboxylic acids is 2. The van der Waals surface area contributed by atoms with E-state index in [0.717, 1.165) is 17.5 Å². The first-order valence-electron chi connectivity index (χ1n) is 7.87. The number of hydrogen-bond donors (Lipinski definition) is 1. The van der Waals surface area contributed by atoms with E-state index in [1.807, 2.05) is 0 Å². The molecule has 142 valence electrons. The van der Waals surface area contributed by atoms with E-state index < -0.39 is 12.5 Å². The maximum atomic E-state index is 12.9. The molecule has 0 saturated heterocycles. The lowest BCUT2D eigenvalue weighted by atomic mass is 10.2. The fourth-order valence-corrected chi connectivity index (χ4v) is 3.50. The highest BCUT2D eigenvalue weighted by Crippen LogP contribution is 2.28. The van der Waals surface area contributed by atoms with Crippen LogP contribution in [-0.2, 0) is 6.54 Å². The molecule has 3 heterocycles. The molecule has 0 aromatic carbocycles. The van der Waals surface area contributed by atoms with Crippen molar-refractivity contribution in [3.05, 3.63) is 58.9 Å². The molecule has 0 atom stereocenters. The summed E-state index contributed by atoms with van der Waals surface area (Å²) in [6, 6.07) is 4.80. The second kappa shape index (κ2) is 7.70. The zero-order chi connectivity index (χ0) is 19.6. The van der Waals surface area contributed by atoms with E-state index in [4.69, 9.17) is 4.42 Å². The third kappa shape index (κ3) is 4.05. The number of imidazole rings is 1. The summed E-state index contributed by atoms with van der Waals surface area (Å²) in [5.41, 5.74) is 0.670. The van der Waals surface area contributed by atoms with E-state index >= 15 is 0 Å². The van der Waals surface area contributed by atoms with Gasteiger partial charge in [-0.05, 0) is 30.7 Å². The van der Waals surface area contributed by atoms with Crippen LogP contribution in [0.4, 0.5) is 13.8 Å². The van der Waals surface area contributed by atoms with Crippen LogP contribution in [0.2, 0.25) is 0 Å². The summed E-state index contributed by atoms with van der Waals surface area (Å²) < 4.78 is 31.6. The summed E-state index contributed by atoms with van der Waals surface area (Å²) in [7, 11) is 1.51. The van der Waals surface area contributed by atoms with E-state index in [-0.39, 0.29) is 24.0 Å². The van der Waals surface area contributed by atoms with E-state index in [9.17, 15) is 18.4 Å². The summed E-state index contributed by atoms with van der Waals surface area (Å²) in [5.74, 6) is -0.529. The van der Waals surface area contributed by atoms with Gasteiger partial charge in [0.1, 0.15) is 5.82 Å². The first-order chi connectivity index (χ1) is 12.9. The standard InChI is InChI=1S/C17H16F2N4O3S/c1-10-8-13(21-15(24)11-4-3-7-26-11)27-14(10)16(25)22(2)9-12-20-5-6-23(12)17(18)19/h3-8,17H,9H2,1-2H3,(H,21,24). The van der Waals surface area contributed by atoms with Crippen molar-refractivity contribution in [3.63, 3.8) is 0 Å². The van der Waals surface area contributed by atoms with Gasteiger partial charge in [0, 0.05) is 19.4 Å². The molecule has 3 aromatic heterocycles.